The highest BCUT2D eigenvalue weighted by Crippen LogP contribution is 2.34. The number of carbonyl (C=O) groups excluding carboxylic acids is 1. The smallest absolute Gasteiger partial charge is 0.223 e. The molecule has 1 amide bonds. The zero-order valence-corrected chi connectivity index (χ0v) is 13.1. The Hall–Kier alpha value is -0.810. The van der Waals surface area contributed by atoms with E-state index in [1.165, 1.54) is 0 Å². The molecule has 1 aliphatic rings. The van der Waals surface area contributed by atoms with E-state index in [9.17, 15) is 9.90 Å². The Labute approximate surface area is 134 Å². The van der Waals surface area contributed by atoms with Crippen LogP contribution in [0.2, 0.25) is 10.0 Å². The number of hydrogen-bond acceptors (Lipinski definition) is 3. The van der Waals surface area contributed by atoms with Crippen LogP contribution in [0.4, 0.5) is 0 Å². The molecule has 2 rings (SSSR count). The van der Waals surface area contributed by atoms with Crippen molar-refractivity contribution in [3.8, 4) is 0 Å². The number of amides is 1. The van der Waals surface area contributed by atoms with Gasteiger partial charge in [0.15, 0.2) is 0 Å². The first-order chi connectivity index (χ1) is 9.99. The number of carbonyl (C=O) groups is 1. The second-order valence-electron chi connectivity index (χ2n) is 5.45. The molecule has 0 radical (unpaired) electrons. The minimum atomic E-state index is -0.949. The van der Waals surface area contributed by atoms with E-state index in [0.29, 0.717) is 27.9 Å². The maximum Gasteiger partial charge on any atom is 0.223 e. The molecule has 1 fully saturated rings. The maximum absolute atomic E-state index is 12.0. The van der Waals surface area contributed by atoms with E-state index in [0.717, 1.165) is 12.8 Å². The Morgan fingerprint density at radius 3 is 2.43 bits per heavy atom. The quantitative estimate of drug-likeness (QED) is 0.719. The van der Waals surface area contributed by atoms with E-state index in [2.05, 4.69) is 5.32 Å². The molecule has 0 spiro atoms. The molecule has 6 heteroatoms. The fourth-order valence-electron chi connectivity index (χ4n) is 2.39. The van der Waals surface area contributed by atoms with Crippen LogP contribution >= 0.6 is 23.2 Å². The van der Waals surface area contributed by atoms with Crippen LogP contribution in [0.25, 0.3) is 0 Å². The second-order valence-corrected chi connectivity index (χ2v) is 6.32. The summed E-state index contributed by atoms with van der Waals surface area (Å²) in [6.07, 6.45) is 1.71. The Bertz CT molecular complexity index is 485. The Morgan fingerprint density at radius 1 is 1.29 bits per heavy atom. The highest BCUT2D eigenvalue weighted by Gasteiger charge is 2.32. The van der Waals surface area contributed by atoms with Gasteiger partial charge in [0.1, 0.15) is 0 Å². The highest BCUT2D eigenvalue weighted by atomic mass is 35.5. The van der Waals surface area contributed by atoms with E-state index in [-0.39, 0.29) is 25.0 Å². The van der Waals surface area contributed by atoms with Crippen LogP contribution in [-0.4, -0.2) is 28.8 Å². The summed E-state index contributed by atoms with van der Waals surface area (Å²) in [6, 6.07) is 4.76. The standard InChI is InChI=1S/C15H19Cl2NO3/c16-11-5-10(6-12(17)7-11)14(20)8-15(21)18-13(3-4-19)9-1-2-9/h5-7,9,13-14,19-20H,1-4,8H2,(H,18,21). The summed E-state index contributed by atoms with van der Waals surface area (Å²) >= 11 is 11.8. The van der Waals surface area contributed by atoms with Gasteiger partial charge in [0.2, 0.25) is 5.91 Å². The Morgan fingerprint density at radius 2 is 1.90 bits per heavy atom. The SMILES string of the molecule is O=C(CC(O)c1cc(Cl)cc(Cl)c1)NC(CCO)C1CC1. The largest absolute Gasteiger partial charge is 0.396 e. The molecular weight excluding hydrogens is 313 g/mol. The molecule has 0 bridgehead atoms. The van der Waals surface area contributed by atoms with E-state index in [4.69, 9.17) is 28.3 Å². The zero-order valence-electron chi connectivity index (χ0n) is 11.6. The van der Waals surface area contributed by atoms with E-state index < -0.39 is 6.10 Å². The molecule has 21 heavy (non-hydrogen) atoms. The van der Waals surface area contributed by atoms with E-state index >= 15 is 0 Å². The first-order valence-corrected chi connectivity index (χ1v) is 7.79. The molecule has 0 heterocycles. The number of hydrogen-bond donors (Lipinski definition) is 3. The summed E-state index contributed by atoms with van der Waals surface area (Å²) in [7, 11) is 0. The number of benzene rings is 1. The van der Waals surface area contributed by atoms with Crippen molar-refractivity contribution in [2.75, 3.05) is 6.61 Å². The monoisotopic (exact) mass is 331 g/mol. The third-order valence-corrected chi connectivity index (χ3v) is 4.06. The first-order valence-electron chi connectivity index (χ1n) is 7.04. The summed E-state index contributed by atoms with van der Waals surface area (Å²) in [5, 5.41) is 22.9. The van der Waals surface area contributed by atoms with Crippen molar-refractivity contribution in [1.82, 2.24) is 5.32 Å². The third kappa shape index (κ3) is 5.15. The van der Waals surface area contributed by atoms with Crippen LogP contribution in [0.15, 0.2) is 18.2 Å². The van der Waals surface area contributed by atoms with Gasteiger partial charge in [-0.3, -0.25) is 4.79 Å². The minimum absolute atomic E-state index is 0.00218. The lowest BCUT2D eigenvalue weighted by Crippen LogP contribution is -2.37. The average Bonchev–Trinajstić information content (AvgIpc) is 3.21. The van der Waals surface area contributed by atoms with Gasteiger partial charge in [-0.2, -0.15) is 0 Å². The fourth-order valence-corrected chi connectivity index (χ4v) is 2.93. The van der Waals surface area contributed by atoms with Gasteiger partial charge in [-0.1, -0.05) is 23.2 Å². The van der Waals surface area contributed by atoms with Crippen molar-refractivity contribution in [1.29, 1.82) is 0 Å². The summed E-state index contributed by atoms with van der Waals surface area (Å²) in [4.78, 5) is 12.0. The predicted molar refractivity (Wildman–Crippen MR) is 82.4 cm³/mol. The van der Waals surface area contributed by atoms with Crippen molar-refractivity contribution in [2.24, 2.45) is 5.92 Å². The van der Waals surface area contributed by atoms with Gasteiger partial charge in [-0.15, -0.1) is 0 Å². The van der Waals surface area contributed by atoms with Gasteiger partial charge in [0.05, 0.1) is 12.5 Å². The topological polar surface area (TPSA) is 69.6 Å². The lowest BCUT2D eigenvalue weighted by Gasteiger charge is -2.19. The lowest BCUT2D eigenvalue weighted by atomic mass is 10.0. The van der Waals surface area contributed by atoms with Gasteiger partial charge in [-0.25, -0.2) is 0 Å². The first kappa shape index (κ1) is 16.6. The average molecular weight is 332 g/mol. The zero-order chi connectivity index (χ0) is 15.4. The van der Waals surface area contributed by atoms with Crippen LogP contribution in [0, 0.1) is 5.92 Å². The molecule has 1 aromatic carbocycles. The van der Waals surface area contributed by atoms with Crippen LogP contribution in [-0.2, 0) is 4.79 Å². The van der Waals surface area contributed by atoms with Gasteiger partial charge in [0, 0.05) is 22.7 Å². The summed E-state index contributed by atoms with van der Waals surface area (Å²) in [5.41, 5.74) is 0.521. The normalized spacial score (nSPS) is 17.3. The molecule has 1 aliphatic carbocycles. The molecule has 0 aromatic heterocycles. The van der Waals surface area contributed by atoms with Crippen LogP contribution < -0.4 is 5.32 Å². The molecule has 4 nitrogen and oxygen atoms in total. The minimum Gasteiger partial charge on any atom is -0.396 e. The van der Waals surface area contributed by atoms with Crippen molar-refractivity contribution >= 4 is 29.1 Å². The van der Waals surface area contributed by atoms with Gasteiger partial charge in [0.25, 0.3) is 0 Å². The fraction of sp³-hybridized carbons (Fsp3) is 0.533. The third-order valence-electron chi connectivity index (χ3n) is 3.63. The molecule has 116 valence electrons. The predicted octanol–water partition coefficient (Wildman–Crippen LogP) is 2.69. The maximum atomic E-state index is 12.0. The van der Waals surface area contributed by atoms with Crippen LogP contribution in [0.1, 0.15) is 37.4 Å². The Balaban J connectivity index is 1.91. The molecule has 0 aliphatic heterocycles. The molecule has 2 atom stereocenters. The van der Waals surface area contributed by atoms with Gasteiger partial charge in [-0.05, 0) is 48.9 Å². The summed E-state index contributed by atoms with van der Waals surface area (Å²) in [6.45, 7) is 0.0495. The van der Waals surface area contributed by atoms with Crippen LogP contribution in [0.3, 0.4) is 0 Å². The van der Waals surface area contributed by atoms with E-state index in [1.807, 2.05) is 0 Å². The summed E-state index contributed by atoms with van der Waals surface area (Å²) < 4.78 is 0. The molecule has 1 aromatic rings. The molecule has 0 saturated heterocycles. The van der Waals surface area contributed by atoms with Crippen molar-refractivity contribution < 1.29 is 15.0 Å². The molecular formula is C15H19Cl2NO3. The molecule has 1 saturated carbocycles. The number of aliphatic hydroxyl groups excluding tert-OH is 2. The van der Waals surface area contributed by atoms with Crippen LogP contribution in [0.5, 0.6) is 0 Å². The molecule has 2 unspecified atom stereocenters. The summed E-state index contributed by atoms with van der Waals surface area (Å²) in [5.74, 6) is 0.225. The highest BCUT2D eigenvalue weighted by molar-refractivity contribution is 6.34. The second kappa shape index (κ2) is 7.45. The van der Waals surface area contributed by atoms with Crippen molar-refractivity contribution in [3.05, 3.63) is 33.8 Å². The number of aliphatic hydroxyl groups is 2. The number of rotatable bonds is 7. The lowest BCUT2D eigenvalue weighted by molar-refractivity contribution is -0.124. The Kier molecular flexibility index (Phi) is 5.88. The van der Waals surface area contributed by atoms with E-state index in [1.54, 1.807) is 18.2 Å². The van der Waals surface area contributed by atoms with Gasteiger partial charge >= 0.3 is 0 Å². The number of halogens is 2. The van der Waals surface area contributed by atoms with Crippen molar-refractivity contribution in [3.63, 3.8) is 0 Å². The van der Waals surface area contributed by atoms with Gasteiger partial charge < -0.3 is 15.5 Å². The van der Waals surface area contributed by atoms with Crippen molar-refractivity contribution in [2.45, 2.75) is 37.8 Å². The molecule has 3 N–H and O–H groups in total. The number of nitrogens with one attached hydrogen (secondary N) is 1.